The second-order valence-electron chi connectivity index (χ2n) is 6.54. The molecule has 24 heavy (non-hydrogen) atoms. The van der Waals surface area contributed by atoms with Crippen LogP contribution in [0.3, 0.4) is 0 Å². The molecule has 1 aliphatic heterocycles. The van der Waals surface area contributed by atoms with E-state index in [2.05, 4.69) is 83.8 Å². The molecule has 0 amide bonds. The third kappa shape index (κ3) is 3.06. The average Bonchev–Trinajstić information content (AvgIpc) is 2.63. The number of hydrogen-bond acceptors (Lipinski definition) is 2. The maximum absolute atomic E-state index is 6.34. The van der Waals surface area contributed by atoms with E-state index >= 15 is 0 Å². The lowest BCUT2D eigenvalue weighted by atomic mass is 9.94. The summed E-state index contributed by atoms with van der Waals surface area (Å²) in [6.45, 7) is 1.82. The maximum Gasteiger partial charge on any atom is 0.0430 e. The first kappa shape index (κ1) is 15.0. The molecule has 1 aliphatic rings. The highest BCUT2D eigenvalue weighted by Crippen LogP contribution is 2.32. The van der Waals surface area contributed by atoms with E-state index in [1.165, 1.54) is 27.9 Å². The summed E-state index contributed by atoms with van der Waals surface area (Å²) in [6.07, 6.45) is 0.946. The Bertz CT molecular complexity index is 812. The number of nitrogens with zero attached hydrogens (tertiary/aromatic N) is 1. The molecular weight excluding hydrogens is 292 g/mol. The van der Waals surface area contributed by atoms with Gasteiger partial charge in [0.2, 0.25) is 0 Å². The SMILES string of the molecule is NC1Cc2cc(-c3ccccc3)ccc2N(Cc2ccccc2)C1. The van der Waals surface area contributed by atoms with Gasteiger partial charge < -0.3 is 10.6 Å². The largest absolute Gasteiger partial charge is 0.365 e. The predicted molar refractivity (Wildman–Crippen MR) is 101 cm³/mol. The van der Waals surface area contributed by atoms with Crippen molar-refractivity contribution in [3.63, 3.8) is 0 Å². The van der Waals surface area contributed by atoms with Crippen molar-refractivity contribution in [1.82, 2.24) is 0 Å². The van der Waals surface area contributed by atoms with Crippen molar-refractivity contribution in [2.24, 2.45) is 5.73 Å². The predicted octanol–water partition coefficient (Wildman–Crippen LogP) is 4.24. The number of benzene rings is 3. The summed E-state index contributed by atoms with van der Waals surface area (Å²) in [4.78, 5) is 2.41. The molecule has 0 spiro atoms. The first-order valence-corrected chi connectivity index (χ1v) is 8.52. The number of fused-ring (bicyclic) bond motifs is 1. The maximum atomic E-state index is 6.34. The Labute approximate surface area is 143 Å². The molecule has 0 fully saturated rings. The van der Waals surface area contributed by atoms with E-state index in [4.69, 9.17) is 5.73 Å². The van der Waals surface area contributed by atoms with E-state index in [1.54, 1.807) is 0 Å². The molecule has 2 nitrogen and oxygen atoms in total. The first-order valence-electron chi connectivity index (χ1n) is 8.52. The van der Waals surface area contributed by atoms with Gasteiger partial charge in [-0.15, -0.1) is 0 Å². The van der Waals surface area contributed by atoms with Gasteiger partial charge in [0.1, 0.15) is 0 Å². The number of nitrogens with two attached hydrogens (primary N) is 1. The molecule has 1 heterocycles. The molecule has 0 saturated carbocycles. The molecule has 0 bridgehead atoms. The van der Waals surface area contributed by atoms with Gasteiger partial charge in [0.15, 0.2) is 0 Å². The normalized spacial score (nSPS) is 16.7. The third-order valence-electron chi connectivity index (χ3n) is 4.68. The van der Waals surface area contributed by atoms with E-state index in [-0.39, 0.29) is 6.04 Å². The molecule has 0 saturated heterocycles. The lowest BCUT2D eigenvalue weighted by Crippen LogP contribution is -2.42. The highest BCUT2D eigenvalue weighted by Gasteiger charge is 2.22. The van der Waals surface area contributed by atoms with E-state index < -0.39 is 0 Å². The zero-order valence-corrected chi connectivity index (χ0v) is 13.7. The number of hydrogen-bond donors (Lipinski definition) is 1. The summed E-state index contributed by atoms with van der Waals surface area (Å²) < 4.78 is 0. The van der Waals surface area contributed by atoms with Crippen molar-refractivity contribution in [2.45, 2.75) is 19.0 Å². The standard InChI is InChI=1S/C22H22N2/c23-21-14-20-13-19(18-9-5-2-6-10-18)11-12-22(20)24(16-21)15-17-7-3-1-4-8-17/h1-13,21H,14-16,23H2. The molecular formula is C22H22N2. The zero-order chi connectivity index (χ0) is 16.4. The molecule has 2 N–H and O–H groups in total. The van der Waals surface area contributed by atoms with Gasteiger partial charge >= 0.3 is 0 Å². The Morgan fingerprint density at radius 2 is 1.54 bits per heavy atom. The molecule has 3 aromatic rings. The Kier molecular flexibility index (Phi) is 4.06. The minimum atomic E-state index is 0.187. The van der Waals surface area contributed by atoms with Crippen LogP contribution in [0.1, 0.15) is 11.1 Å². The minimum Gasteiger partial charge on any atom is -0.365 e. The molecule has 1 unspecified atom stereocenters. The second-order valence-corrected chi connectivity index (χ2v) is 6.54. The monoisotopic (exact) mass is 314 g/mol. The van der Waals surface area contributed by atoms with Crippen LogP contribution in [0.2, 0.25) is 0 Å². The van der Waals surface area contributed by atoms with Crippen LogP contribution < -0.4 is 10.6 Å². The van der Waals surface area contributed by atoms with Gasteiger partial charge in [-0.25, -0.2) is 0 Å². The Balaban J connectivity index is 1.67. The second kappa shape index (κ2) is 6.50. The summed E-state index contributed by atoms with van der Waals surface area (Å²) >= 11 is 0. The smallest absolute Gasteiger partial charge is 0.0430 e. The van der Waals surface area contributed by atoms with E-state index in [9.17, 15) is 0 Å². The molecule has 0 aliphatic carbocycles. The molecule has 2 heteroatoms. The average molecular weight is 314 g/mol. The number of anilines is 1. The van der Waals surface area contributed by atoms with Crippen LogP contribution in [0, 0.1) is 0 Å². The van der Waals surface area contributed by atoms with Crippen LogP contribution in [0.25, 0.3) is 11.1 Å². The van der Waals surface area contributed by atoms with Crippen LogP contribution in [0.5, 0.6) is 0 Å². The van der Waals surface area contributed by atoms with Crippen molar-refractivity contribution >= 4 is 5.69 Å². The van der Waals surface area contributed by atoms with Crippen molar-refractivity contribution in [2.75, 3.05) is 11.4 Å². The van der Waals surface area contributed by atoms with Gasteiger partial charge in [-0.2, -0.15) is 0 Å². The van der Waals surface area contributed by atoms with Gasteiger partial charge in [0, 0.05) is 24.8 Å². The fourth-order valence-electron chi connectivity index (χ4n) is 3.55. The molecule has 0 radical (unpaired) electrons. The van der Waals surface area contributed by atoms with Crippen LogP contribution in [-0.4, -0.2) is 12.6 Å². The molecule has 4 rings (SSSR count). The van der Waals surface area contributed by atoms with Crippen molar-refractivity contribution in [3.05, 3.63) is 90.0 Å². The van der Waals surface area contributed by atoms with Gasteiger partial charge in [-0.05, 0) is 40.8 Å². The van der Waals surface area contributed by atoms with Crippen LogP contribution in [0.15, 0.2) is 78.9 Å². The highest BCUT2D eigenvalue weighted by atomic mass is 15.2. The Morgan fingerprint density at radius 3 is 2.29 bits per heavy atom. The highest BCUT2D eigenvalue weighted by molar-refractivity contribution is 5.70. The summed E-state index contributed by atoms with van der Waals surface area (Å²) in [7, 11) is 0. The molecule has 120 valence electrons. The van der Waals surface area contributed by atoms with E-state index in [0.717, 1.165) is 19.5 Å². The quantitative estimate of drug-likeness (QED) is 0.783. The summed E-state index contributed by atoms with van der Waals surface area (Å²) in [6, 6.07) is 28.1. The molecule has 1 atom stereocenters. The first-order chi connectivity index (χ1) is 11.8. The van der Waals surface area contributed by atoms with Crippen LogP contribution in [0.4, 0.5) is 5.69 Å². The third-order valence-corrected chi connectivity index (χ3v) is 4.68. The summed E-state index contributed by atoms with van der Waals surface area (Å²) in [5.74, 6) is 0. The van der Waals surface area contributed by atoms with Gasteiger partial charge in [0.05, 0.1) is 0 Å². The fourth-order valence-corrected chi connectivity index (χ4v) is 3.55. The molecule has 0 aromatic heterocycles. The molecule has 3 aromatic carbocycles. The van der Waals surface area contributed by atoms with Crippen molar-refractivity contribution in [1.29, 1.82) is 0 Å². The fraction of sp³-hybridized carbons (Fsp3) is 0.182. The van der Waals surface area contributed by atoms with Gasteiger partial charge in [-0.3, -0.25) is 0 Å². The Morgan fingerprint density at radius 1 is 0.833 bits per heavy atom. The number of rotatable bonds is 3. The van der Waals surface area contributed by atoms with Crippen LogP contribution in [-0.2, 0) is 13.0 Å². The van der Waals surface area contributed by atoms with Crippen molar-refractivity contribution in [3.8, 4) is 11.1 Å². The topological polar surface area (TPSA) is 29.3 Å². The van der Waals surface area contributed by atoms with E-state index in [1.807, 2.05) is 0 Å². The summed E-state index contributed by atoms with van der Waals surface area (Å²) in [5, 5.41) is 0. The van der Waals surface area contributed by atoms with Gasteiger partial charge in [0.25, 0.3) is 0 Å². The van der Waals surface area contributed by atoms with E-state index in [0.29, 0.717) is 0 Å². The van der Waals surface area contributed by atoms with Crippen molar-refractivity contribution < 1.29 is 0 Å². The lowest BCUT2D eigenvalue weighted by molar-refractivity contribution is 0.599. The minimum absolute atomic E-state index is 0.187. The summed E-state index contributed by atoms with van der Waals surface area (Å²) in [5.41, 5.74) is 12.9. The Hall–Kier alpha value is -2.58. The van der Waals surface area contributed by atoms with Crippen LogP contribution >= 0.6 is 0 Å². The zero-order valence-electron chi connectivity index (χ0n) is 13.7. The lowest BCUT2D eigenvalue weighted by Gasteiger charge is -2.35. The van der Waals surface area contributed by atoms with Gasteiger partial charge in [-0.1, -0.05) is 66.7 Å².